The lowest BCUT2D eigenvalue weighted by atomic mass is 10.2. The Labute approximate surface area is 180 Å². The number of nitrogens with zero attached hydrogens (tertiary/aromatic N) is 1. The Morgan fingerprint density at radius 2 is 1.52 bits per heavy atom. The minimum Gasteiger partial charge on any atom is -0.497 e. The van der Waals surface area contributed by atoms with Gasteiger partial charge in [0.05, 0.1) is 25.2 Å². The summed E-state index contributed by atoms with van der Waals surface area (Å²) in [6.45, 7) is 3.65. The van der Waals surface area contributed by atoms with E-state index in [-0.39, 0.29) is 5.91 Å². The number of carbonyl (C=O) groups excluding carboxylic acids is 1. The second kappa shape index (κ2) is 10.3. The predicted molar refractivity (Wildman–Crippen MR) is 121 cm³/mol. The number of hydrogen-bond acceptors (Lipinski definition) is 6. The van der Waals surface area contributed by atoms with E-state index in [1.807, 2.05) is 61.5 Å². The molecule has 2 aromatic carbocycles. The molecule has 29 heavy (non-hydrogen) atoms. The van der Waals surface area contributed by atoms with Crippen molar-refractivity contribution in [3.8, 4) is 17.2 Å². The lowest BCUT2D eigenvalue weighted by Crippen LogP contribution is -2.27. The number of rotatable bonds is 9. The lowest BCUT2D eigenvalue weighted by Gasteiger charge is -2.09. The molecular formula is C22H23NO4S2. The molecule has 1 heterocycles. The van der Waals surface area contributed by atoms with Crippen molar-refractivity contribution in [1.82, 2.24) is 4.90 Å². The third-order valence-electron chi connectivity index (χ3n) is 4.25. The van der Waals surface area contributed by atoms with Gasteiger partial charge in [-0.3, -0.25) is 9.69 Å². The molecule has 5 nitrogen and oxygen atoms in total. The van der Waals surface area contributed by atoms with Crippen LogP contribution in [0, 0.1) is 0 Å². The number of ether oxygens (including phenoxy) is 3. The predicted octanol–water partition coefficient (Wildman–Crippen LogP) is 4.76. The number of benzene rings is 2. The van der Waals surface area contributed by atoms with Crippen LogP contribution in [-0.4, -0.2) is 42.0 Å². The third kappa shape index (κ3) is 5.74. The van der Waals surface area contributed by atoms with Gasteiger partial charge in [-0.2, -0.15) is 0 Å². The van der Waals surface area contributed by atoms with Crippen LogP contribution in [0.3, 0.4) is 0 Å². The van der Waals surface area contributed by atoms with Gasteiger partial charge >= 0.3 is 0 Å². The van der Waals surface area contributed by atoms with Crippen LogP contribution in [0.15, 0.2) is 53.4 Å². The maximum absolute atomic E-state index is 12.3. The van der Waals surface area contributed by atoms with Crippen LogP contribution >= 0.6 is 24.0 Å². The Morgan fingerprint density at radius 3 is 2.03 bits per heavy atom. The Balaban J connectivity index is 1.43. The molecule has 7 heteroatoms. The molecule has 0 N–H and O–H groups in total. The number of thioether (sulfide) groups is 1. The molecule has 1 aliphatic rings. The van der Waals surface area contributed by atoms with Crippen LogP contribution in [-0.2, 0) is 4.79 Å². The van der Waals surface area contributed by atoms with Crippen molar-refractivity contribution < 1.29 is 19.0 Å². The summed E-state index contributed by atoms with van der Waals surface area (Å²) in [7, 11) is 1.64. The van der Waals surface area contributed by atoms with Crippen LogP contribution in [0.25, 0.3) is 6.08 Å². The fourth-order valence-corrected chi connectivity index (χ4v) is 4.08. The largest absolute Gasteiger partial charge is 0.497 e. The summed E-state index contributed by atoms with van der Waals surface area (Å²) < 4.78 is 17.2. The van der Waals surface area contributed by atoms with Gasteiger partial charge in [0.1, 0.15) is 21.6 Å². The van der Waals surface area contributed by atoms with Crippen LogP contribution in [0.1, 0.15) is 18.9 Å². The Bertz CT molecular complexity index is 879. The van der Waals surface area contributed by atoms with Gasteiger partial charge in [-0.15, -0.1) is 0 Å². The van der Waals surface area contributed by atoms with Crippen molar-refractivity contribution in [2.45, 2.75) is 13.3 Å². The van der Waals surface area contributed by atoms with Gasteiger partial charge in [-0.05, 0) is 55.0 Å². The van der Waals surface area contributed by atoms with E-state index < -0.39 is 0 Å². The van der Waals surface area contributed by atoms with E-state index in [2.05, 4.69) is 0 Å². The first-order valence-corrected chi connectivity index (χ1v) is 10.6. The van der Waals surface area contributed by atoms with E-state index in [1.165, 1.54) is 11.8 Å². The number of thiocarbonyl (C=S) groups is 1. The summed E-state index contributed by atoms with van der Waals surface area (Å²) in [6.07, 6.45) is 2.63. The molecule has 0 aliphatic carbocycles. The topological polar surface area (TPSA) is 48.0 Å². The zero-order chi connectivity index (χ0) is 20.6. The molecule has 0 aromatic heterocycles. The first-order valence-electron chi connectivity index (χ1n) is 9.36. The average molecular weight is 430 g/mol. The van der Waals surface area contributed by atoms with Crippen molar-refractivity contribution in [1.29, 1.82) is 0 Å². The van der Waals surface area contributed by atoms with Gasteiger partial charge in [0.25, 0.3) is 5.91 Å². The summed E-state index contributed by atoms with van der Waals surface area (Å²) in [4.78, 5) is 14.5. The van der Waals surface area contributed by atoms with E-state index >= 15 is 0 Å². The van der Waals surface area contributed by atoms with E-state index in [1.54, 1.807) is 12.0 Å². The fraction of sp³-hybridized carbons (Fsp3) is 0.273. The minimum atomic E-state index is -0.0281. The maximum atomic E-state index is 12.3. The second-order valence-corrected chi connectivity index (χ2v) is 7.90. The van der Waals surface area contributed by atoms with Gasteiger partial charge in [0.2, 0.25) is 0 Å². The first kappa shape index (κ1) is 21.2. The summed E-state index contributed by atoms with van der Waals surface area (Å²) in [5, 5.41) is 0. The summed E-state index contributed by atoms with van der Waals surface area (Å²) in [5.41, 5.74) is 0.941. The molecule has 3 rings (SSSR count). The molecule has 0 unspecified atom stereocenters. The molecule has 1 aliphatic heterocycles. The normalized spacial score (nSPS) is 15.1. The molecule has 1 fully saturated rings. The van der Waals surface area contributed by atoms with Gasteiger partial charge < -0.3 is 14.2 Å². The Morgan fingerprint density at radius 1 is 0.966 bits per heavy atom. The maximum Gasteiger partial charge on any atom is 0.266 e. The SMILES string of the molecule is CCN1C(=O)C(=Cc2ccc(OCCCOc3ccc(OC)cc3)cc2)SC1=S. The van der Waals surface area contributed by atoms with Crippen LogP contribution < -0.4 is 14.2 Å². The molecular weight excluding hydrogens is 406 g/mol. The third-order valence-corrected chi connectivity index (χ3v) is 5.63. The standard InChI is InChI=1S/C22H23NO4S2/c1-3-23-21(24)20(29-22(23)28)15-16-5-7-18(8-6-16)26-13-4-14-27-19-11-9-17(25-2)10-12-19/h5-12,15H,3-4,13-14H2,1-2H3. The highest BCUT2D eigenvalue weighted by Gasteiger charge is 2.30. The molecule has 0 spiro atoms. The summed E-state index contributed by atoms with van der Waals surface area (Å²) in [6, 6.07) is 15.2. The quantitative estimate of drug-likeness (QED) is 0.325. The lowest BCUT2D eigenvalue weighted by molar-refractivity contribution is -0.121. The van der Waals surface area contributed by atoms with Gasteiger partial charge in [-0.1, -0.05) is 36.1 Å². The highest BCUT2D eigenvalue weighted by Crippen LogP contribution is 2.32. The monoisotopic (exact) mass is 429 g/mol. The zero-order valence-corrected chi connectivity index (χ0v) is 18.1. The molecule has 0 atom stereocenters. The van der Waals surface area contributed by atoms with Crippen molar-refractivity contribution >= 4 is 40.3 Å². The number of likely N-dealkylation sites (N-methyl/N-ethyl adjacent to an activating group) is 1. The number of amides is 1. The van der Waals surface area contributed by atoms with Crippen molar-refractivity contribution in [2.75, 3.05) is 26.9 Å². The van der Waals surface area contributed by atoms with E-state index in [9.17, 15) is 4.79 Å². The van der Waals surface area contributed by atoms with Crippen molar-refractivity contribution in [2.24, 2.45) is 0 Å². The van der Waals surface area contributed by atoms with E-state index in [4.69, 9.17) is 26.4 Å². The molecule has 0 bridgehead atoms. The van der Waals surface area contributed by atoms with Crippen LogP contribution in [0.2, 0.25) is 0 Å². The summed E-state index contributed by atoms with van der Waals surface area (Å²) in [5.74, 6) is 2.37. The number of hydrogen-bond donors (Lipinski definition) is 0. The highest BCUT2D eigenvalue weighted by molar-refractivity contribution is 8.26. The molecule has 2 aromatic rings. The number of carbonyl (C=O) groups is 1. The number of methoxy groups -OCH3 is 1. The second-order valence-electron chi connectivity index (χ2n) is 6.22. The van der Waals surface area contributed by atoms with Crippen LogP contribution in [0.4, 0.5) is 0 Å². The van der Waals surface area contributed by atoms with Crippen molar-refractivity contribution in [3.63, 3.8) is 0 Å². The summed E-state index contributed by atoms with van der Waals surface area (Å²) >= 11 is 6.58. The van der Waals surface area contributed by atoms with Gasteiger partial charge in [0.15, 0.2) is 0 Å². The molecule has 1 amide bonds. The smallest absolute Gasteiger partial charge is 0.266 e. The van der Waals surface area contributed by atoms with E-state index in [0.717, 1.165) is 29.2 Å². The van der Waals surface area contributed by atoms with Crippen molar-refractivity contribution in [3.05, 3.63) is 59.0 Å². The Hall–Kier alpha value is -2.51. The van der Waals surface area contributed by atoms with Gasteiger partial charge in [-0.25, -0.2) is 0 Å². The molecule has 0 radical (unpaired) electrons. The highest BCUT2D eigenvalue weighted by atomic mass is 32.2. The average Bonchev–Trinajstić information content (AvgIpc) is 3.01. The van der Waals surface area contributed by atoms with Gasteiger partial charge in [0, 0.05) is 13.0 Å². The fourth-order valence-electron chi connectivity index (χ4n) is 2.70. The van der Waals surface area contributed by atoms with E-state index in [0.29, 0.717) is 29.0 Å². The first-order chi connectivity index (χ1) is 14.1. The molecule has 152 valence electrons. The minimum absolute atomic E-state index is 0.0281. The molecule has 0 saturated carbocycles. The zero-order valence-electron chi connectivity index (χ0n) is 16.4. The van der Waals surface area contributed by atoms with Crippen LogP contribution in [0.5, 0.6) is 17.2 Å². The molecule has 1 saturated heterocycles. The Kier molecular flexibility index (Phi) is 7.55.